The Labute approximate surface area is 179 Å². The van der Waals surface area contributed by atoms with Crippen molar-refractivity contribution in [3.05, 3.63) is 53.6 Å². The van der Waals surface area contributed by atoms with Gasteiger partial charge < -0.3 is 9.75 Å². The summed E-state index contributed by atoms with van der Waals surface area (Å²) >= 11 is 0. The smallest absolute Gasteiger partial charge is 0.264 e. The number of anilines is 2. The number of fused-ring (bicyclic) bond motifs is 1. The fourth-order valence-corrected chi connectivity index (χ4v) is 5.58. The molecule has 2 heterocycles. The van der Waals surface area contributed by atoms with Gasteiger partial charge in [-0.25, -0.2) is 13.8 Å². The number of hydrazine groups is 1. The van der Waals surface area contributed by atoms with Gasteiger partial charge in [0.1, 0.15) is 0 Å². The van der Waals surface area contributed by atoms with Crippen LogP contribution in [0, 0.1) is 11.8 Å². The molecule has 0 aliphatic carbocycles. The van der Waals surface area contributed by atoms with Gasteiger partial charge in [-0.3, -0.25) is 4.31 Å². The molecule has 0 aromatic heterocycles. The van der Waals surface area contributed by atoms with E-state index in [9.17, 15) is 8.42 Å². The minimum atomic E-state index is -3.66. The van der Waals surface area contributed by atoms with Crippen molar-refractivity contribution in [3.63, 3.8) is 0 Å². The molecule has 2 aliphatic rings. The molecular formula is C23H31N3O3S. The van der Waals surface area contributed by atoms with E-state index in [-0.39, 0.29) is 5.92 Å². The first-order chi connectivity index (χ1) is 14.4. The number of aryl methyl sites for hydroxylation is 1. The zero-order chi connectivity index (χ0) is 21.3. The zero-order valence-corrected chi connectivity index (χ0v) is 18.8. The van der Waals surface area contributed by atoms with Crippen LogP contribution in [0.15, 0.2) is 47.4 Å². The van der Waals surface area contributed by atoms with Gasteiger partial charge in [-0.15, -0.1) is 0 Å². The second kappa shape index (κ2) is 8.57. The van der Waals surface area contributed by atoms with Crippen LogP contribution in [0.1, 0.15) is 31.9 Å². The van der Waals surface area contributed by atoms with Crippen molar-refractivity contribution in [1.29, 1.82) is 0 Å². The number of hydrogen-bond acceptors (Lipinski definition) is 5. The first-order valence-electron chi connectivity index (χ1n) is 10.7. The third-order valence-electron chi connectivity index (χ3n) is 5.70. The number of hydrogen-bond donors (Lipinski definition) is 1. The van der Waals surface area contributed by atoms with Gasteiger partial charge in [-0.05, 0) is 53.8 Å². The molecule has 0 unspecified atom stereocenters. The normalized spacial score (nSPS) is 16.6. The van der Waals surface area contributed by atoms with Crippen molar-refractivity contribution in [2.75, 3.05) is 35.6 Å². The molecule has 1 N–H and O–H groups in total. The minimum absolute atomic E-state index is 0.210. The molecule has 0 saturated carbocycles. The van der Waals surface area contributed by atoms with Crippen LogP contribution >= 0.6 is 0 Å². The van der Waals surface area contributed by atoms with Gasteiger partial charge in [0.25, 0.3) is 10.0 Å². The van der Waals surface area contributed by atoms with Crippen molar-refractivity contribution < 1.29 is 13.2 Å². The maximum Gasteiger partial charge on any atom is 0.264 e. The predicted molar refractivity (Wildman–Crippen MR) is 120 cm³/mol. The molecule has 0 amide bonds. The Morgan fingerprint density at radius 1 is 1.17 bits per heavy atom. The molecule has 0 spiro atoms. The first kappa shape index (κ1) is 21.2. The molecule has 0 bridgehead atoms. The lowest BCUT2D eigenvalue weighted by Crippen LogP contribution is -2.43. The van der Waals surface area contributed by atoms with Crippen molar-refractivity contribution >= 4 is 21.4 Å². The topological polar surface area (TPSA) is 61.9 Å². The van der Waals surface area contributed by atoms with Gasteiger partial charge in [-0.1, -0.05) is 32.9 Å². The van der Waals surface area contributed by atoms with Crippen molar-refractivity contribution in [3.8, 4) is 0 Å². The van der Waals surface area contributed by atoms with Gasteiger partial charge in [0.2, 0.25) is 0 Å². The van der Waals surface area contributed by atoms with Crippen LogP contribution in [0.25, 0.3) is 0 Å². The van der Waals surface area contributed by atoms with Crippen LogP contribution in [0.4, 0.5) is 11.4 Å². The largest absolute Gasteiger partial charge is 0.381 e. The van der Waals surface area contributed by atoms with Gasteiger partial charge in [0, 0.05) is 25.6 Å². The van der Waals surface area contributed by atoms with E-state index in [4.69, 9.17) is 4.74 Å². The second-order valence-corrected chi connectivity index (χ2v) is 10.5. The van der Waals surface area contributed by atoms with E-state index in [0.717, 1.165) is 37.4 Å². The first-order valence-corrected chi connectivity index (χ1v) is 12.2. The van der Waals surface area contributed by atoms with E-state index in [2.05, 4.69) is 17.4 Å². The van der Waals surface area contributed by atoms with Crippen LogP contribution in [0.3, 0.4) is 0 Å². The maximum absolute atomic E-state index is 13.6. The molecule has 2 aromatic carbocycles. The molecule has 4 rings (SSSR count). The molecule has 6 nitrogen and oxygen atoms in total. The van der Waals surface area contributed by atoms with E-state index in [1.54, 1.807) is 10.4 Å². The van der Waals surface area contributed by atoms with Gasteiger partial charge in [0.05, 0.1) is 29.5 Å². The van der Waals surface area contributed by atoms with Crippen LogP contribution in [-0.2, 0) is 27.7 Å². The van der Waals surface area contributed by atoms with Crippen LogP contribution in [-0.4, -0.2) is 34.7 Å². The third-order valence-corrected chi connectivity index (χ3v) is 7.49. The summed E-state index contributed by atoms with van der Waals surface area (Å²) in [6.07, 6.45) is 0.929. The van der Waals surface area contributed by atoms with Gasteiger partial charge in [0.15, 0.2) is 0 Å². The summed E-state index contributed by atoms with van der Waals surface area (Å²) in [5.74, 6) is 0.737. The highest BCUT2D eigenvalue weighted by Crippen LogP contribution is 2.32. The molecule has 0 atom stereocenters. The standard InChI is InChI=1S/C23H31N3O3S/c1-4-18-5-7-21(8-6-18)26(13-17(2)3)30(27,28)22-9-10-23-20(11-22)12-24-25(23)14-19-15-29-16-19/h5-11,17,19,24H,4,12-16H2,1-3H3. The Morgan fingerprint density at radius 3 is 2.50 bits per heavy atom. The quantitative estimate of drug-likeness (QED) is 0.695. The number of nitrogens with zero attached hydrogens (tertiary/aromatic N) is 2. The summed E-state index contributed by atoms with van der Waals surface area (Å²) in [6.45, 7) is 9.72. The number of benzene rings is 2. The molecule has 0 radical (unpaired) electrons. The summed E-state index contributed by atoms with van der Waals surface area (Å²) in [4.78, 5) is 0.345. The highest BCUT2D eigenvalue weighted by molar-refractivity contribution is 7.92. The van der Waals surface area contributed by atoms with E-state index in [1.807, 2.05) is 50.2 Å². The highest BCUT2D eigenvalue weighted by atomic mass is 32.2. The predicted octanol–water partition coefficient (Wildman–Crippen LogP) is 3.57. The summed E-state index contributed by atoms with van der Waals surface area (Å²) in [7, 11) is -3.66. The molecule has 2 aromatic rings. The fourth-order valence-electron chi connectivity index (χ4n) is 3.90. The highest BCUT2D eigenvalue weighted by Gasteiger charge is 2.30. The lowest BCUT2D eigenvalue weighted by Gasteiger charge is -2.31. The Balaban J connectivity index is 1.62. The molecule has 1 fully saturated rings. The van der Waals surface area contributed by atoms with Crippen LogP contribution in [0.5, 0.6) is 0 Å². The summed E-state index contributed by atoms with van der Waals surface area (Å²) in [5.41, 5.74) is 7.36. The van der Waals surface area contributed by atoms with E-state index in [0.29, 0.717) is 29.6 Å². The lowest BCUT2D eigenvalue weighted by atomic mass is 10.1. The average Bonchev–Trinajstić information content (AvgIpc) is 3.11. The van der Waals surface area contributed by atoms with Crippen LogP contribution in [0.2, 0.25) is 0 Å². The Bertz CT molecular complexity index is 985. The van der Waals surface area contributed by atoms with E-state index in [1.165, 1.54) is 5.56 Å². The SMILES string of the molecule is CCc1ccc(N(CC(C)C)S(=O)(=O)c2ccc3c(c2)CNN3CC2COC2)cc1. The third kappa shape index (κ3) is 4.19. The molecular weight excluding hydrogens is 398 g/mol. The Kier molecular flexibility index (Phi) is 6.04. The Morgan fingerprint density at radius 2 is 1.90 bits per heavy atom. The van der Waals surface area contributed by atoms with Crippen molar-refractivity contribution in [2.24, 2.45) is 11.8 Å². The molecule has 162 valence electrons. The molecule has 30 heavy (non-hydrogen) atoms. The molecule has 7 heteroatoms. The monoisotopic (exact) mass is 429 g/mol. The summed E-state index contributed by atoms with van der Waals surface area (Å²) < 4.78 is 34.0. The summed E-state index contributed by atoms with van der Waals surface area (Å²) in [6, 6.07) is 13.3. The molecule has 2 aliphatic heterocycles. The molecule has 1 saturated heterocycles. The van der Waals surface area contributed by atoms with Crippen molar-refractivity contribution in [1.82, 2.24) is 5.43 Å². The zero-order valence-electron chi connectivity index (χ0n) is 18.0. The second-order valence-electron chi connectivity index (χ2n) is 8.59. The lowest BCUT2D eigenvalue weighted by molar-refractivity contribution is -0.0283. The summed E-state index contributed by atoms with van der Waals surface area (Å²) in [5, 5.41) is 2.12. The van der Waals surface area contributed by atoms with Gasteiger partial charge >= 0.3 is 0 Å². The van der Waals surface area contributed by atoms with Crippen molar-refractivity contribution in [2.45, 2.75) is 38.6 Å². The fraction of sp³-hybridized carbons (Fsp3) is 0.478. The minimum Gasteiger partial charge on any atom is -0.381 e. The number of nitrogens with one attached hydrogen (secondary N) is 1. The van der Waals surface area contributed by atoms with E-state index < -0.39 is 10.0 Å². The van der Waals surface area contributed by atoms with E-state index >= 15 is 0 Å². The number of sulfonamides is 1. The number of rotatable bonds is 8. The maximum atomic E-state index is 13.6. The van der Waals surface area contributed by atoms with Gasteiger partial charge in [-0.2, -0.15) is 0 Å². The van der Waals surface area contributed by atoms with Crippen LogP contribution < -0.4 is 14.7 Å². The average molecular weight is 430 g/mol. The number of ether oxygens (including phenoxy) is 1. The Hall–Kier alpha value is -2.09.